The van der Waals surface area contributed by atoms with Gasteiger partial charge in [-0.15, -0.1) is 0 Å². The third-order valence-corrected chi connectivity index (χ3v) is 4.89. The molecule has 1 aromatic carbocycles. The van der Waals surface area contributed by atoms with Crippen LogP contribution < -0.4 is 4.72 Å². The molecule has 0 bridgehead atoms. The Morgan fingerprint density at radius 1 is 1.40 bits per heavy atom. The number of halogens is 1. The Morgan fingerprint density at radius 2 is 2.00 bits per heavy atom. The number of carbonyl (C=O) groups is 1. The second-order valence-electron chi connectivity index (χ2n) is 3.95. The van der Waals surface area contributed by atoms with Gasteiger partial charge in [-0.25, -0.2) is 12.8 Å². The van der Waals surface area contributed by atoms with Gasteiger partial charge in [0.15, 0.2) is 0 Å². The molecule has 1 aromatic rings. The lowest BCUT2D eigenvalue weighted by molar-refractivity contribution is -0.139. The van der Waals surface area contributed by atoms with Gasteiger partial charge >= 0.3 is 5.97 Å². The number of nitrogens with one attached hydrogen (secondary N) is 1. The third kappa shape index (κ3) is 5.10. The van der Waals surface area contributed by atoms with E-state index in [1.807, 2.05) is 6.92 Å². The summed E-state index contributed by atoms with van der Waals surface area (Å²) in [6, 6.07) is 3.02. The highest BCUT2D eigenvalue weighted by Crippen LogP contribution is 2.12. The average Bonchev–Trinajstić information content (AvgIpc) is 2.38. The Kier molecular flexibility index (Phi) is 6.44. The molecule has 1 atom stereocenters. The minimum Gasteiger partial charge on any atom is -0.480 e. The summed E-state index contributed by atoms with van der Waals surface area (Å²) in [5.74, 6) is -0.415. The van der Waals surface area contributed by atoms with Crippen LogP contribution in [0, 0.1) is 5.82 Å². The van der Waals surface area contributed by atoms with E-state index in [0.717, 1.165) is 30.0 Å². The fraction of sp³-hybridized carbons (Fsp3) is 0.417. The molecular weight excluding hydrogens is 305 g/mol. The van der Waals surface area contributed by atoms with Crippen molar-refractivity contribution in [1.29, 1.82) is 0 Å². The fourth-order valence-electron chi connectivity index (χ4n) is 1.45. The van der Waals surface area contributed by atoms with Crippen LogP contribution in [0.5, 0.6) is 0 Å². The highest BCUT2D eigenvalue weighted by Gasteiger charge is 2.24. The van der Waals surface area contributed by atoms with E-state index in [1.54, 1.807) is 0 Å². The van der Waals surface area contributed by atoms with Crippen LogP contribution in [0.2, 0.25) is 0 Å². The second-order valence-corrected chi connectivity index (χ2v) is 7.06. The zero-order valence-corrected chi connectivity index (χ0v) is 12.5. The van der Waals surface area contributed by atoms with Crippen molar-refractivity contribution < 1.29 is 22.7 Å². The smallest absolute Gasteiger partial charge is 0.321 e. The molecule has 0 spiro atoms. The maximum Gasteiger partial charge on any atom is 0.321 e. The predicted molar refractivity (Wildman–Crippen MR) is 75.8 cm³/mol. The van der Waals surface area contributed by atoms with Crippen LogP contribution in [-0.2, 0) is 14.8 Å². The standard InChI is InChI=1S/C12H16FNO4S2/c1-2-19-8-7-11(12(15)16)14-20(17,18)10-5-3-9(13)4-6-10/h3-6,11,14H,2,7-8H2,1H3,(H,15,16). The normalized spacial score (nSPS) is 13.1. The number of hydrogen-bond donors (Lipinski definition) is 2. The van der Waals surface area contributed by atoms with E-state index in [9.17, 15) is 17.6 Å². The van der Waals surface area contributed by atoms with Crippen molar-refractivity contribution >= 4 is 27.8 Å². The van der Waals surface area contributed by atoms with Gasteiger partial charge in [0.1, 0.15) is 11.9 Å². The number of sulfonamides is 1. The Bertz CT molecular complexity index is 545. The highest BCUT2D eigenvalue weighted by atomic mass is 32.2. The van der Waals surface area contributed by atoms with Crippen LogP contribution in [-0.4, -0.2) is 37.0 Å². The van der Waals surface area contributed by atoms with Crippen LogP contribution in [0.15, 0.2) is 29.2 Å². The summed E-state index contributed by atoms with van der Waals surface area (Å²) in [4.78, 5) is 10.9. The summed E-state index contributed by atoms with van der Waals surface area (Å²) in [7, 11) is -3.97. The molecule has 1 rings (SSSR count). The molecule has 8 heteroatoms. The Morgan fingerprint density at radius 3 is 2.50 bits per heavy atom. The molecule has 0 aliphatic rings. The van der Waals surface area contributed by atoms with Crippen LogP contribution in [0.4, 0.5) is 4.39 Å². The Balaban J connectivity index is 2.80. The lowest BCUT2D eigenvalue weighted by Gasteiger charge is -2.14. The topological polar surface area (TPSA) is 83.5 Å². The molecular formula is C12H16FNO4S2. The summed E-state index contributed by atoms with van der Waals surface area (Å²) in [6.45, 7) is 1.93. The van der Waals surface area contributed by atoms with Crippen LogP contribution in [0.25, 0.3) is 0 Å². The summed E-state index contributed by atoms with van der Waals surface area (Å²) >= 11 is 1.53. The summed E-state index contributed by atoms with van der Waals surface area (Å²) in [5.41, 5.74) is 0. The Hall–Kier alpha value is -1.12. The first-order chi connectivity index (χ1) is 9.36. The molecule has 0 aliphatic carbocycles. The molecule has 0 amide bonds. The Labute approximate surface area is 121 Å². The molecule has 20 heavy (non-hydrogen) atoms. The zero-order valence-electron chi connectivity index (χ0n) is 10.9. The summed E-state index contributed by atoms with van der Waals surface area (Å²) < 4.78 is 38.9. The van der Waals surface area contributed by atoms with Gasteiger partial charge in [0.25, 0.3) is 0 Å². The summed E-state index contributed by atoms with van der Waals surface area (Å²) in [5, 5.41) is 9.03. The predicted octanol–water partition coefficient (Wildman–Crippen LogP) is 1.70. The second kappa shape index (κ2) is 7.61. The van der Waals surface area contributed by atoms with Gasteiger partial charge in [-0.2, -0.15) is 16.5 Å². The van der Waals surface area contributed by atoms with Crippen LogP contribution in [0.1, 0.15) is 13.3 Å². The molecule has 0 heterocycles. The number of aliphatic carboxylic acids is 1. The van der Waals surface area contributed by atoms with Gasteiger partial charge in [0, 0.05) is 0 Å². The van der Waals surface area contributed by atoms with Gasteiger partial charge in [-0.3, -0.25) is 4.79 Å². The van der Waals surface area contributed by atoms with E-state index in [0.29, 0.717) is 5.75 Å². The number of carboxylic acids is 1. The number of carboxylic acid groups (broad SMARTS) is 1. The van der Waals surface area contributed by atoms with Gasteiger partial charge in [-0.1, -0.05) is 6.92 Å². The lowest BCUT2D eigenvalue weighted by Crippen LogP contribution is -2.41. The van der Waals surface area contributed by atoms with E-state index < -0.39 is 27.9 Å². The van der Waals surface area contributed by atoms with E-state index in [1.165, 1.54) is 11.8 Å². The number of rotatable bonds is 8. The van der Waals surface area contributed by atoms with Gasteiger partial charge in [0.05, 0.1) is 4.90 Å². The molecule has 5 nitrogen and oxygen atoms in total. The van der Waals surface area contributed by atoms with Gasteiger partial charge in [-0.05, 0) is 42.2 Å². The van der Waals surface area contributed by atoms with Crippen molar-refractivity contribution in [1.82, 2.24) is 4.72 Å². The molecule has 1 unspecified atom stereocenters. The molecule has 0 saturated heterocycles. The molecule has 0 saturated carbocycles. The van der Waals surface area contributed by atoms with E-state index in [-0.39, 0.29) is 11.3 Å². The minimum atomic E-state index is -3.97. The number of thioether (sulfide) groups is 1. The molecule has 0 aliphatic heterocycles. The van der Waals surface area contributed by atoms with E-state index >= 15 is 0 Å². The first-order valence-electron chi connectivity index (χ1n) is 5.95. The molecule has 112 valence electrons. The lowest BCUT2D eigenvalue weighted by atomic mass is 10.2. The number of hydrogen-bond acceptors (Lipinski definition) is 4. The highest BCUT2D eigenvalue weighted by molar-refractivity contribution is 7.99. The van der Waals surface area contributed by atoms with Gasteiger partial charge in [0.2, 0.25) is 10.0 Å². The van der Waals surface area contributed by atoms with Crippen molar-refractivity contribution in [2.75, 3.05) is 11.5 Å². The first kappa shape index (κ1) is 16.9. The molecule has 2 N–H and O–H groups in total. The van der Waals surface area contributed by atoms with Crippen molar-refractivity contribution in [3.05, 3.63) is 30.1 Å². The number of benzene rings is 1. The maximum atomic E-state index is 12.8. The van der Waals surface area contributed by atoms with E-state index in [2.05, 4.69) is 4.72 Å². The fourth-order valence-corrected chi connectivity index (χ4v) is 3.36. The SMILES string of the molecule is CCSCCC(NS(=O)(=O)c1ccc(F)cc1)C(=O)O. The summed E-state index contributed by atoms with van der Waals surface area (Å²) in [6.07, 6.45) is 0.189. The maximum absolute atomic E-state index is 12.8. The first-order valence-corrected chi connectivity index (χ1v) is 8.59. The minimum absolute atomic E-state index is 0.159. The van der Waals surface area contributed by atoms with Crippen molar-refractivity contribution in [3.63, 3.8) is 0 Å². The van der Waals surface area contributed by atoms with Crippen LogP contribution in [0.3, 0.4) is 0 Å². The molecule has 0 fully saturated rings. The monoisotopic (exact) mass is 321 g/mol. The van der Waals surface area contributed by atoms with Gasteiger partial charge < -0.3 is 5.11 Å². The van der Waals surface area contributed by atoms with Crippen LogP contribution >= 0.6 is 11.8 Å². The molecule has 0 radical (unpaired) electrons. The van der Waals surface area contributed by atoms with Crippen molar-refractivity contribution in [2.24, 2.45) is 0 Å². The van der Waals surface area contributed by atoms with Crippen molar-refractivity contribution in [2.45, 2.75) is 24.3 Å². The zero-order chi connectivity index (χ0) is 15.2. The largest absolute Gasteiger partial charge is 0.480 e. The third-order valence-electron chi connectivity index (χ3n) is 2.47. The van der Waals surface area contributed by atoms with E-state index in [4.69, 9.17) is 5.11 Å². The molecule has 0 aromatic heterocycles. The quantitative estimate of drug-likeness (QED) is 0.712. The van der Waals surface area contributed by atoms with Crippen molar-refractivity contribution in [3.8, 4) is 0 Å². The average molecular weight is 321 g/mol.